The van der Waals surface area contributed by atoms with Crippen LogP contribution in [-0.4, -0.2) is 28.5 Å². The van der Waals surface area contributed by atoms with Gasteiger partial charge in [0.15, 0.2) is 0 Å². The van der Waals surface area contributed by atoms with Crippen molar-refractivity contribution in [1.29, 1.82) is 0 Å². The molecular formula is C32H56N2O3. The van der Waals surface area contributed by atoms with Crippen LogP contribution in [0.25, 0.3) is 0 Å². The van der Waals surface area contributed by atoms with Crippen molar-refractivity contribution in [2.24, 2.45) is 0 Å². The number of carbonyl (C=O) groups is 2. The SMILES string of the molecule is CCCCCCCCCCCCCCCCCCCc1ccnc(C(=O)NCCCCCCC(=O)O)c1. The molecule has 5 nitrogen and oxygen atoms in total. The Kier molecular flexibility index (Phi) is 21.9. The monoisotopic (exact) mass is 516 g/mol. The quantitative estimate of drug-likeness (QED) is 0.120. The van der Waals surface area contributed by atoms with E-state index in [1.165, 1.54) is 115 Å². The molecule has 0 aliphatic carbocycles. The molecule has 0 unspecified atom stereocenters. The molecule has 0 aromatic carbocycles. The lowest BCUT2D eigenvalue weighted by molar-refractivity contribution is -0.137. The lowest BCUT2D eigenvalue weighted by atomic mass is 10.0. The Morgan fingerprint density at radius 3 is 1.73 bits per heavy atom. The van der Waals surface area contributed by atoms with Crippen LogP contribution in [0.15, 0.2) is 18.3 Å². The number of unbranched alkanes of at least 4 members (excludes halogenated alkanes) is 19. The third kappa shape index (κ3) is 20.8. The molecule has 0 saturated carbocycles. The number of amides is 1. The van der Waals surface area contributed by atoms with E-state index in [1.807, 2.05) is 12.1 Å². The van der Waals surface area contributed by atoms with Crippen molar-refractivity contribution in [3.63, 3.8) is 0 Å². The lowest BCUT2D eigenvalue weighted by Crippen LogP contribution is -2.25. The van der Waals surface area contributed by atoms with Crippen molar-refractivity contribution in [1.82, 2.24) is 10.3 Å². The second-order valence-corrected chi connectivity index (χ2v) is 10.8. The molecule has 1 heterocycles. The molecule has 0 bridgehead atoms. The number of pyridine rings is 1. The van der Waals surface area contributed by atoms with Gasteiger partial charge in [-0.2, -0.15) is 0 Å². The Bertz CT molecular complexity index is 692. The van der Waals surface area contributed by atoms with E-state index in [1.54, 1.807) is 6.20 Å². The third-order valence-electron chi connectivity index (χ3n) is 7.23. The standard InChI is InChI=1S/C32H56N2O3/c1-2-3-4-5-6-7-8-9-10-11-12-13-14-15-16-17-20-23-29-25-27-33-30(28-29)32(37)34-26-22-19-18-21-24-31(35)36/h25,27-28H,2-24,26H2,1H3,(H,34,37)(H,35,36). The summed E-state index contributed by atoms with van der Waals surface area (Å²) < 4.78 is 0. The number of rotatable bonds is 26. The molecule has 0 spiro atoms. The number of aromatic nitrogens is 1. The molecule has 0 saturated heterocycles. The molecule has 0 radical (unpaired) electrons. The number of nitrogens with zero attached hydrogens (tertiary/aromatic N) is 1. The number of hydrogen-bond donors (Lipinski definition) is 2. The van der Waals surface area contributed by atoms with Crippen LogP contribution < -0.4 is 5.32 Å². The summed E-state index contributed by atoms with van der Waals surface area (Å²) in [5, 5.41) is 11.6. The van der Waals surface area contributed by atoms with E-state index >= 15 is 0 Å². The van der Waals surface area contributed by atoms with Gasteiger partial charge in [0.25, 0.3) is 5.91 Å². The molecule has 1 aromatic heterocycles. The number of hydrogen-bond acceptors (Lipinski definition) is 3. The average Bonchev–Trinajstić information content (AvgIpc) is 2.89. The predicted molar refractivity (Wildman–Crippen MR) is 155 cm³/mol. The van der Waals surface area contributed by atoms with Crippen molar-refractivity contribution in [2.75, 3.05) is 6.54 Å². The van der Waals surface area contributed by atoms with E-state index in [-0.39, 0.29) is 12.3 Å². The van der Waals surface area contributed by atoms with Gasteiger partial charge in [-0.15, -0.1) is 0 Å². The number of nitrogens with one attached hydrogen (secondary N) is 1. The third-order valence-corrected chi connectivity index (χ3v) is 7.23. The van der Waals surface area contributed by atoms with Gasteiger partial charge in [-0.3, -0.25) is 14.6 Å². The van der Waals surface area contributed by atoms with Crippen LogP contribution in [0.2, 0.25) is 0 Å². The van der Waals surface area contributed by atoms with Gasteiger partial charge in [-0.25, -0.2) is 0 Å². The maximum Gasteiger partial charge on any atom is 0.303 e. The molecule has 0 aliphatic heterocycles. The Balaban J connectivity index is 1.95. The zero-order valence-corrected chi connectivity index (χ0v) is 23.9. The fraction of sp³-hybridized carbons (Fsp3) is 0.781. The van der Waals surface area contributed by atoms with Gasteiger partial charge in [0, 0.05) is 19.2 Å². The number of carboxylic acid groups (broad SMARTS) is 1. The first-order valence-electron chi connectivity index (χ1n) is 15.6. The Hall–Kier alpha value is -1.91. The summed E-state index contributed by atoms with van der Waals surface area (Å²) in [7, 11) is 0. The second-order valence-electron chi connectivity index (χ2n) is 10.8. The van der Waals surface area contributed by atoms with Gasteiger partial charge in [-0.1, -0.05) is 122 Å². The van der Waals surface area contributed by atoms with Crippen molar-refractivity contribution < 1.29 is 14.7 Å². The molecule has 1 amide bonds. The smallest absolute Gasteiger partial charge is 0.303 e. The molecular weight excluding hydrogens is 460 g/mol. The van der Waals surface area contributed by atoms with Gasteiger partial charge >= 0.3 is 5.97 Å². The van der Waals surface area contributed by atoms with E-state index in [0.717, 1.165) is 25.7 Å². The van der Waals surface area contributed by atoms with E-state index < -0.39 is 5.97 Å². The lowest BCUT2D eigenvalue weighted by Gasteiger charge is -2.07. The first-order chi connectivity index (χ1) is 18.1. The molecule has 2 N–H and O–H groups in total. The number of carboxylic acids is 1. The maximum absolute atomic E-state index is 12.4. The Morgan fingerprint density at radius 2 is 1.19 bits per heavy atom. The molecule has 0 aliphatic rings. The fourth-order valence-corrected chi connectivity index (χ4v) is 4.86. The van der Waals surface area contributed by atoms with Gasteiger partial charge in [0.1, 0.15) is 5.69 Å². The highest BCUT2D eigenvalue weighted by molar-refractivity contribution is 5.92. The van der Waals surface area contributed by atoms with Crippen LogP contribution in [0.1, 0.15) is 164 Å². The molecule has 0 fully saturated rings. The van der Waals surface area contributed by atoms with Gasteiger partial charge < -0.3 is 10.4 Å². The summed E-state index contributed by atoms with van der Waals surface area (Å²) in [6.45, 7) is 2.89. The van der Waals surface area contributed by atoms with E-state index in [0.29, 0.717) is 18.7 Å². The molecule has 212 valence electrons. The summed E-state index contributed by atoms with van der Waals surface area (Å²) in [5.74, 6) is -0.858. The minimum Gasteiger partial charge on any atom is -0.481 e. The van der Waals surface area contributed by atoms with Crippen molar-refractivity contribution in [3.8, 4) is 0 Å². The van der Waals surface area contributed by atoms with Crippen LogP contribution in [0.5, 0.6) is 0 Å². The Morgan fingerprint density at radius 1 is 0.703 bits per heavy atom. The summed E-state index contributed by atoms with van der Waals surface area (Å²) in [5.41, 5.74) is 1.69. The summed E-state index contributed by atoms with van der Waals surface area (Å²) in [4.78, 5) is 27.1. The summed E-state index contributed by atoms with van der Waals surface area (Å²) in [6, 6.07) is 3.94. The number of aryl methyl sites for hydroxylation is 1. The van der Waals surface area contributed by atoms with E-state index in [9.17, 15) is 9.59 Å². The highest BCUT2D eigenvalue weighted by Crippen LogP contribution is 2.15. The Labute approximate surface area is 227 Å². The first-order valence-corrected chi connectivity index (χ1v) is 15.6. The minimum absolute atomic E-state index is 0.116. The average molecular weight is 517 g/mol. The minimum atomic E-state index is -0.742. The second kappa shape index (κ2) is 24.4. The number of aliphatic carboxylic acids is 1. The predicted octanol–water partition coefficient (Wildman–Crippen LogP) is 9.04. The van der Waals surface area contributed by atoms with Crippen LogP contribution in [0.3, 0.4) is 0 Å². The van der Waals surface area contributed by atoms with Crippen molar-refractivity contribution >= 4 is 11.9 Å². The summed E-state index contributed by atoms with van der Waals surface area (Å²) >= 11 is 0. The topological polar surface area (TPSA) is 79.3 Å². The van der Waals surface area contributed by atoms with Gasteiger partial charge in [-0.05, 0) is 43.4 Å². The van der Waals surface area contributed by atoms with E-state index in [2.05, 4.69) is 17.2 Å². The maximum atomic E-state index is 12.4. The van der Waals surface area contributed by atoms with E-state index in [4.69, 9.17) is 5.11 Å². The molecule has 37 heavy (non-hydrogen) atoms. The largest absolute Gasteiger partial charge is 0.481 e. The van der Waals surface area contributed by atoms with Gasteiger partial charge in [0.2, 0.25) is 0 Å². The normalized spacial score (nSPS) is 11.1. The molecule has 1 aromatic rings. The van der Waals surface area contributed by atoms with Crippen LogP contribution in [0, 0.1) is 0 Å². The van der Waals surface area contributed by atoms with Crippen LogP contribution in [-0.2, 0) is 11.2 Å². The number of carbonyl (C=O) groups excluding carboxylic acids is 1. The zero-order chi connectivity index (χ0) is 26.8. The zero-order valence-electron chi connectivity index (χ0n) is 23.9. The molecule has 5 heteroatoms. The summed E-state index contributed by atoms with van der Waals surface area (Å²) in [6.07, 6.45) is 29.8. The fourth-order valence-electron chi connectivity index (χ4n) is 4.86. The highest BCUT2D eigenvalue weighted by Gasteiger charge is 2.07. The van der Waals surface area contributed by atoms with Crippen molar-refractivity contribution in [2.45, 2.75) is 155 Å². The molecule has 1 rings (SSSR count). The molecule has 0 atom stereocenters. The van der Waals surface area contributed by atoms with Crippen molar-refractivity contribution in [3.05, 3.63) is 29.6 Å². The van der Waals surface area contributed by atoms with Crippen LogP contribution >= 0.6 is 0 Å². The van der Waals surface area contributed by atoms with Gasteiger partial charge in [0.05, 0.1) is 0 Å². The first kappa shape index (κ1) is 33.1. The van der Waals surface area contributed by atoms with Crippen LogP contribution in [0.4, 0.5) is 0 Å². The highest BCUT2D eigenvalue weighted by atomic mass is 16.4.